The van der Waals surface area contributed by atoms with Gasteiger partial charge in [0.25, 0.3) is 0 Å². The number of rotatable bonds is 18. The fourth-order valence-corrected chi connectivity index (χ4v) is 4.14. The standard InChI is InChI=1S/C32H43N3O8/c1-4-22(2)26(19-36)28(37)30(39)33-18-12-11-17-27(31(40)42-20-24-13-7-5-8-14-24)35-29(38)23(3)34-32(41)43-21-25-15-9-6-10-16-25/h5-10,13-16,19,22-23,26-28,37H,4,11-12,17-18,20-21H2,1-3H3,(H,33,39)(H,34,41)(H,35,38)/t22-,23-,26-,27-,28+/m0/s1. The highest BCUT2D eigenvalue weighted by molar-refractivity contribution is 5.89. The van der Waals surface area contributed by atoms with Gasteiger partial charge in [0.05, 0.1) is 5.92 Å². The molecule has 11 heteroatoms. The monoisotopic (exact) mass is 597 g/mol. The van der Waals surface area contributed by atoms with Crippen LogP contribution in [0.2, 0.25) is 0 Å². The molecule has 4 N–H and O–H groups in total. The number of hydrogen-bond acceptors (Lipinski definition) is 8. The number of aldehydes is 1. The van der Waals surface area contributed by atoms with Gasteiger partial charge < -0.3 is 35.3 Å². The fraction of sp³-hybridized carbons (Fsp3) is 0.469. The van der Waals surface area contributed by atoms with Crippen molar-refractivity contribution in [1.82, 2.24) is 16.0 Å². The first-order valence-corrected chi connectivity index (χ1v) is 14.5. The zero-order valence-corrected chi connectivity index (χ0v) is 25.0. The molecule has 0 saturated heterocycles. The fourth-order valence-electron chi connectivity index (χ4n) is 4.14. The van der Waals surface area contributed by atoms with E-state index >= 15 is 0 Å². The number of alkyl carbamates (subject to hydrolysis) is 1. The van der Waals surface area contributed by atoms with Crippen LogP contribution in [0, 0.1) is 11.8 Å². The molecule has 2 aromatic rings. The smallest absolute Gasteiger partial charge is 0.408 e. The Labute approximate surface area is 252 Å². The molecule has 234 valence electrons. The molecule has 0 bridgehead atoms. The number of amides is 3. The SMILES string of the molecule is CC[C@H](C)[C@H](C=O)[C@@H](O)C(=O)NCCCC[C@H](NC(=O)[C@H](C)NC(=O)OCc1ccccc1)C(=O)OCc1ccccc1. The molecule has 11 nitrogen and oxygen atoms in total. The summed E-state index contributed by atoms with van der Waals surface area (Å²) in [6.07, 6.45) is 0.0813. The van der Waals surface area contributed by atoms with Gasteiger partial charge in [-0.2, -0.15) is 0 Å². The molecular formula is C32H43N3O8. The van der Waals surface area contributed by atoms with E-state index in [0.29, 0.717) is 25.5 Å². The van der Waals surface area contributed by atoms with Gasteiger partial charge >= 0.3 is 12.1 Å². The molecule has 0 unspecified atom stereocenters. The highest BCUT2D eigenvalue weighted by Crippen LogP contribution is 2.17. The Balaban J connectivity index is 1.89. The summed E-state index contributed by atoms with van der Waals surface area (Å²) in [6, 6.07) is 16.2. The van der Waals surface area contributed by atoms with Crippen LogP contribution in [0.5, 0.6) is 0 Å². The van der Waals surface area contributed by atoms with Gasteiger partial charge in [0.1, 0.15) is 37.7 Å². The Kier molecular flexibility index (Phi) is 15.5. The number of unbranched alkanes of at least 4 members (excludes halogenated alkanes) is 1. The molecule has 2 rings (SSSR count). The van der Waals surface area contributed by atoms with Crippen LogP contribution in [0.15, 0.2) is 60.7 Å². The lowest BCUT2D eigenvalue weighted by Gasteiger charge is -2.22. The van der Waals surface area contributed by atoms with Crippen molar-refractivity contribution >= 4 is 30.2 Å². The summed E-state index contributed by atoms with van der Waals surface area (Å²) in [4.78, 5) is 61.7. The van der Waals surface area contributed by atoms with Gasteiger partial charge in [-0.1, -0.05) is 80.9 Å². The highest BCUT2D eigenvalue weighted by Gasteiger charge is 2.29. The second kappa shape index (κ2) is 19.0. The zero-order valence-electron chi connectivity index (χ0n) is 25.0. The topological polar surface area (TPSA) is 160 Å². The summed E-state index contributed by atoms with van der Waals surface area (Å²) < 4.78 is 10.6. The van der Waals surface area contributed by atoms with Crippen LogP contribution >= 0.6 is 0 Å². The second-order valence-corrected chi connectivity index (χ2v) is 10.4. The van der Waals surface area contributed by atoms with E-state index in [9.17, 15) is 29.1 Å². The quantitative estimate of drug-likeness (QED) is 0.116. The number of aliphatic hydroxyl groups is 1. The molecule has 0 fully saturated rings. The number of benzene rings is 2. The van der Waals surface area contributed by atoms with E-state index in [2.05, 4.69) is 16.0 Å². The Morgan fingerprint density at radius 3 is 1.98 bits per heavy atom. The van der Waals surface area contributed by atoms with Crippen LogP contribution in [0.1, 0.15) is 57.6 Å². The van der Waals surface area contributed by atoms with Crippen LogP contribution < -0.4 is 16.0 Å². The van der Waals surface area contributed by atoms with E-state index in [1.807, 2.05) is 43.3 Å². The molecule has 3 amide bonds. The lowest BCUT2D eigenvalue weighted by atomic mass is 9.88. The zero-order chi connectivity index (χ0) is 31.6. The number of esters is 1. The van der Waals surface area contributed by atoms with Gasteiger partial charge in [0, 0.05) is 6.54 Å². The Morgan fingerprint density at radius 2 is 1.42 bits per heavy atom. The third-order valence-electron chi connectivity index (χ3n) is 7.08. The summed E-state index contributed by atoms with van der Waals surface area (Å²) in [5, 5.41) is 18.0. The molecule has 0 spiro atoms. The molecule has 43 heavy (non-hydrogen) atoms. The minimum atomic E-state index is -1.44. The molecule has 0 heterocycles. The van der Waals surface area contributed by atoms with Crippen LogP contribution in [-0.2, 0) is 41.9 Å². The van der Waals surface area contributed by atoms with E-state index in [0.717, 1.165) is 11.1 Å². The number of hydrogen-bond donors (Lipinski definition) is 4. The highest BCUT2D eigenvalue weighted by atomic mass is 16.5. The van der Waals surface area contributed by atoms with Crippen molar-refractivity contribution in [2.75, 3.05) is 6.54 Å². The van der Waals surface area contributed by atoms with Crippen LogP contribution in [-0.4, -0.2) is 60.0 Å². The molecule has 0 radical (unpaired) electrons. The van der Waals surface area contributed by atoms with E-state index in [-0.39, 0.29) is 32.1 Å². The maximum Gasteiger partial charge on any atom is 0.408 e. The van der Waals surface area contributed by atoms with Crippen molar-refractivity contribution in [2.24, 2.45) is 11.8 Å². The van der Waals surface area contributed by atoms with Crippen molar-refractivity contribution in [2.45, 2.75) is 77.9 Å². The van der Waals surface area contributed by atoms with Crippen molar-refractivity contribution in [3.05, 3.63) is 71.8 Å². The van der Waals surface area contributed by atoms with Crippen LogP contribution in [0.4, 0.5) is 4.79 Å². The molecule has 5 atom stereocenters. The summed E-state index contributed by atoms with van der Waals surface area (Å²) >= 11 is 0. The van der Waals surface area contributed by atoms with Gasteiger partial charge in [0.15, 0.2) is 0 Å². The maximum atomic E-state index is 12.9. The molecule has 0 aliphatic heterocycles. The third-order valence-corrected chi connectivity index (χ3v) is 7.08. The number of nitrogens with one attached hydrogen (secondary N) is 3. The van der Waals surface area contributed by atoms with Crippen molar-refractivity contribution in [3.63, 3.8) is 0 Å². The molecule has 0 aromatic heterocycles. The first-order chi connectivity index (χ1) is 20.7. The van der Waals surface area contributed by atoms with Gasteiger partial charge in [-0.15, -0.1) is 0 Å². The van der Waals surface area contributed by atoms with Crippen molar-refractivity contribution < 1.29 is 38.6 Å². The van der Waals surface area contributed by atoms with Crippen LogP contribution in [0.3, 0.4) is 0 Å². The van der Waals surface area contributed by atoms with E-state index in [1.54, 1.807) is 31.2 Å². The van der Waals surface area contributed by atoms with Gasteiger partial charge in [0.2, 0.25) is 11.8 Å². The predicted molar refractivity (Wildman–Crippen MR) is 159 cm³/mol. The first kappa shape index (κ1) is 34.9. The molecule has 2 aromatic carbocycles. The largest absolute Gasteiger partial charge is 0.459 e. The number of carbonyl (C=O) groups excluding carboxylic acids is 5. The maximum absolute atomic E-state index is 12.9. The van der Waals surface area contributed by atoms with Crippen molar-refractivity contribution in [3.8, 4) is 0 Å². The van der Waals surface area contributed by atoms with Crippen molar-refractivity contribution in [1.29, 1.82) is 0 Å². The Bertz CT molecular complexity index is 1160. The van der Waals surface area contributed by atoms with E-state index in [1.165, 1.54) is 6.92 Å². The average molecular weight is 598 g/mol. The number of carbonyl (C=O) groups is 5. The second-order valence-electron chi connectivity index (χ2n) is 10.4. The predicted octanol–water partition coefficient (Wildman–Crippen LogP) is 3.04. The Morgan fingerprint density at radius 1 is 0.837 bits per heavy atom. The van der Waals surface area contributed by atoms with Gasteiger partial charge in [-0.3, -0.25) is 9.59 Å². The average Bonchev–Trinajstić information content (AvgIpc) is 3.02. The number of ether oxygens (including phenoxy) is 2. The normalized spacial score (nSPS) is 14.2. The third kappa shape index (κ3) is 12.7. The molecule has 0 aliphatic carbocycles. The molecule has 0 aliphatic rings. The summed E-state index contributed by atoms with van der Waals surface area (Å²) in [5.41, 5.74) is 1.57. The summed E-state index contributed by atoms with van der Waals surface area (Å²) in [6.45, 7) is 5.40. The number of aliphatic hydroxyl groups excluding tert-OH is 1. The molecule has 0 saturated carbocycles. The lowest BCUT2D eigenvalue weighted by Crippen LogP contribution is -2.50. The summed E-state index contributed by atoms with van der Waals surface area (Å²) in [7, 11) is 0. The van der Waals surface area contributed by atoms with E-state index in [4.69, 9.17) is 9.47 Å². The minimum Gasteiger partial charge on any atom is -0.459 e. The minimum absolute atomic E-state index is 0.0215. The van der Waals surface area contributed by atoms with Crippen LogP contribution in [0.25, 0.3) is 0 Å². The van der Waals surface area contributed by atoms with Gasteiger partial charge in [-0.25, -0.2) is 9.59 Å². The van der Waals surface area contributed by atoms with Gasteiger partial charge in [-0.05, 0) is 43.2 Å². The molecular weight excluding hydrogens is 554 g/mol. The van der Waals surface area contributed by atoms with E-state index < -0.39 is 48.0 Å². The lowest BCUT2D eigenvalue weighted by molar-refractivity contribution is -0.149. The summed E-state index contributed by atoms with van der Waals surface area (Å²) in [5.74, 6) is -2.82. The first-order valence-electron chi connectivity index (χ1n) is 14.5. The Hall–Kier alpha value is -4.25.